The second-order valence-electron chi connectivity index (χ2n) is 4.62. The van der Waals surface area contributed by atoms with Crippen molar-refractivity contribution in [1.82, 2.24) is 15.2 Å². The van der Waals surface area contributed by atoms with Crippen LogP contribution in [0.15, 0.2) is 12.1 Å². The lowest BCUT2D eigenvalue weighted by molar-refractivity contribution is 0.0949. The minimum Gasteiger partial charge on any atom is -0.373 e. The second-order valence-corrected chi connectivity index (χ2v) is 5.01. The molecule has 1 aromatic heterocycles. The summed E-state index contributed by atoms with van der Waals surface area (Å²) < 4.78 is 0. The first-order valence-corrected chi connectivity index (χ1v) is 6.93. The van der Waals surface area contributed by atoms with Gasteiger partial charge in [-0.3, -0.25) is 4.79 Å². The van der Waals surface area contributed by atoms with Crippen molar-refractivity contribution < 1.29 is 4.79 Å². The van der Waals surface area contributed by atoms with E-state index in [-0.39, 0.29) is 5.91 Å². The zero-order valence-corrected chi connectivity index (χ0v) is 11.8. The summed E-state index contributed by atoms with van der Waals surface area (Å²) in [6, 6.07) is 3.27. The predicted molar refractivity (Wildman–Crippen MR) is 76.8 cm³/mol. The highest BCUT2D eigenvalue weighted by atomic mass is 35.5. The van der Waals surface area contributed by atoms with E-state index in [1.165, 1.54) is 12.8 Å². The molecule has 104 valence electrons. The van der Waals surface area contributed by atoms with Crippen molar-refractivity contribution >= 4 is 23.3 Å². The molecule has 0 atom stereocenters. The van der Waals surface area contributed by atoms with E-state index in [1.807, 2.05) is 0 Å². The Hall–Kier alpha value is -1.33. The minimum atomic E-state index is -0.111. The predicted octanol–water partition coefficient (Wildman–Crippen LogP) is 1.60. The van der Waals surface area contributed by atoms with Crippen LogP contribution in [0.4, 0.5) is 5.82 Å². The summed E-state index contributed by atoms with van der Waals surface area (Å²) in [5.74, 6) is 0.484. The Kier molecular flexibility index (Phi) is 4.99. The summed E-state index contributed by atoms with van der Waals surface area (Å²) in [6.07, 6.45) is 2.53. The van der Waals surface area contributed by atoms with Crippen LogP contribution in [0.25, 0.3) is 0 Å². The number of rotatable bonds is 5. The van der Waals surface area contributed by atoms with E-state index < -0.39 is 0 Å². The van der Waals surface area contributed by atoms with Crippen LogP contribution in [-0.4, -0.2) is 49.0 Å². The van der Waals surface area contributed by atoms with Crippen molar-refractivity contribution in [3.63, 3.8) is 0 Å². The fourth-order valence-corrected chi connectivity index (χ4v) is 2.40. The van der Waals surface area contributed by atoms with E-state index >= 15 is 0 Å². The molecule has 2 heterocycles. The number of nitrogens with zero attached hydrogens (tertiary/aromatic N) is 2. The molecular formula is C13H19ClN4O. The van der Waals surface area contributed by atoms with Crippen molar-refractivity contribution in [2.24, 2.45) is 0 Å². The SMILES string of the molecule is CNc1cc(C(=O)NCCN2CCCC2)cc(Cl)n1. The Morgan fingerprint density at radius 2 is 2.16 bits per heavy atom. The van der Waals surface area contributed by atoms with Gasteiger partial charge in [-0.1, -0.05) is 11.6 Å². The van der Waals surface area contributed by atoms with E-state index in [0.717, 1.165) is 19.6 Å². The molecule has 0 aromatic carbocycles. The van der Waals surface area contributed by atoms with Crippen LogP contribution in [0, 0.1) is 0 Å². The first kappa shape index (κ1) is 14.1. The molecule has 19 heavy (non-hydrogen) atoms. The van der Waals surface area contributed by atoms with Gasteiger partial charge in [-0.05, 0) is 38.1 Å². The molecule has 0 spiro atoms. The van der Waals surface area contributed by atoms with Crippen molar-refractivity contribution in [2.45, 2.75) is 12.8 Å². The Morgan fingerprint density at radius 3 is 2.84 bits per heavy atom. The molecular weight excluding hydrogens is 264 g/mol. The summed E-state index contributed by atoms with van der Waals surface area (Å²) in [5, 5.41) is 6.11. The Bertz CT molecular complexity index is 446. The molecule has 1 amide bonds. The lowest BCUT2D eigenvalue weighted by atomic mass is 10.2. The smallest absolute Gasteiger partial charge is 0.251 e. The third-order valence-electron chi connectivity index (χ3n) is 3.22. The molecule has 1 aliphatic rings. The summed E-state index contributed by atoms with van der Waals surface area (Å²) in [5.41, 5.74) is 0.533. The summed E-state index contributed by atoms with van der Waals surface area (Å²) in [4.78, 5) is 18.4. The van der Waals surface area contributed by atoms with Crippen molar-refractivity contribution in [3.05, 3.63) is 22.8 Å². The van der Waals surface area contributed by atoms with Crippen LogP contribution in [0.1, 0.15) is 23.2 Å². The molecule has 0 radical (unpaired) electrons. The molecule has 1 aliphatic heterocycles. The van der Waals surface area contributed by atoms with Gasteiger partial charge in [0.15, 0.2) is 0 Å². The maximum atomic E-state index is 12.0. The number of nitrogens with one attached hydrogen (secondary N) is 2. The molecule has 1 saturated heterocycles. The maximum absolute atomic E-state index is 12.0. The van der Waals surface area contributed by atoms with Crippen LogP contribution >= 0.6 is 11.6 Å². The largest absolute Gasteiger partial charge is 0.373 e. The van der Waals surface area contributed by atoms with Crippen molar-refractivity contribution in [2.75, 3.05) is 38.5 Å². The van der Waals surface area contributed by atoms with E-state index in [1.54, 1.807) is 19.2 Å². The maximum Gasteiger partial charge on any atom is 0.251 e. The summed E-state index contributed by atoms with van der Waals surface area (Å²) in [6.45, 7) is 3.85. The lowest BCUT2D eigenvalue weighted by Gasteiger charge is -2.14. The third-order valence-corrected chi connectivity index (χ3v) is 3.42. The van der Waals surface area contributed by atoms with Gasteiger partial charge >= 0.3 is 0 Å². The van der Waals surface area contributed by atoms with Crippen LogP contribution < -0.4 is 10.6 Å². The minimum absolute atomic E-state index is 0.111. The van der Waals surface area contributed by atoms with Gasteiger partial charge in [-0.2, -0.15) is 0 Å². The highest BCUT2D eigenvalue weighted by molar-refractivity contribution is 6.29. The summed E-state index contributed by atoms with van der Waals surface area (Å²) >= 11 is 5.87. The van der Waals surface area contributed by atoms with E-state index in [4.69, 9.17) is 11.6 Å². The van der Waals surface area contributed by atoms with Crippen LogP contribution in [0.5, 0.6) is 0 Å². The molecule has 1 aromatic rings. The van der Waals surface area contributed by atoms with Crippen molar-refractivity contribution in [3.8, 4) is 0 Å². The molecule has 2 N–H and O–H groups in total. The average Bonchev–Trinajstić information content (AvgIpc) is 2.91. The van der Waals surface area contributed by atoms with Gasteiger partial charge in [-0.25, -0.2) is 4.98 Å². The number of anilines is 1. The Morgan fingerprint density at radius 1 is 1.42 bits per heavy atom. The Labute approximate surface area is 118 Å². The van der Waals surface area contributed by atoms with Crippen LogP contribution in [0.2, 0.25) is 5.15 Å². The molecule has 0 unspecified atom stereocenters. The fourth-order valence-electron chi connectivity index (χ4n) is 2.19. The number of halogens is 1. The van der Waals surface area contributed by atoms with Crippen molar-refractivity contribution in [1.29, 1.82) is 0 Å². The highest BCUT2D eigenvalue weighted by Crippen LogP contribution is 2.14. The zero-order valence-electron chi connectivity index (χ0n) is 11.1. The van der Waals surface area contributed by atoms with Gasteiger partial charge in [0, 0.05) is 25.7 Å². The standard InChI is InChI=1S/C13H19ClN4O/c1-15-12-9-10(8-11(14)17-12)13(19)16-4-7-18-5-2-3-6-18/h8-9H,2-7H2,1H3,(H,15,17)(H,16,19). The molecule has 5 nitrogen and oxygen atoms in total. The average molecular weight is 283 g/mol. The van der Waals surface area contributed by atoms with Crippen LogP contribution in [-0.2, 0) is 0 Å². The molecule has 0 aliphatic carbocycles. The number of amides is 1. The monoisotopic (exact) mass is 282 g/mol. The lowest BCUT2D eigenvalue weighted by Crippen LogP contribution is -2.33. The van der Waals surface area contributed by atoms with Gasteiger partial charge in [0.1, 0.15) is 11.0 Å². The molecule has 0 bridgehead atoms. The Balaban J connectivity index is 1.86. The second kappa shape index (κ2) is 6.73. The topological polar surface area (TPSA) is 57.3 Å². The molecule has 2 rings (SSSR count). The third kappa shape index (κ3) is 4.08. The fraction of sp³-hybridized carbons (Fsp3) is 0.538. The first-order valence-electron chi connectivity index (χ1n) is 6.55. The number of likely N-dealkylation sites (tertiary alicyclic amines) is 1. The zero-order chi connectivity index (χ0) is 13.7. The van der Waals surface area contributed by atoms with Crippen LogP contribution in [0.3, 0.4) is 0 Å². The van der Waals surface area contributed by atoms with Gasteiger partial charge in [-0.15, -0.1) is 0 Å². The molecule has 0 saturated carbocycles. The molecule has 1 fully saturated rings. The van der Waals surface area contributed by atoms with Gasteiger partial charge in [0.2, 0.25) is 0 Å². The highest BCUT2D eigenvalue weighted by Gasteiger charge is 2.12. The normalized spacial score (nSPS) is 15.5. The van der Waals surface area contributed by atoms with Gasteiger partial charge < -0.3 is 15.5 Å². The number of carbonyl (C=O) groups is 1. The van der Waals surface area contributed by atoms with Gasteiger partial charge in [0.05, 0.1) is 0 Å². The number of hydrogen-bond donors (Lipinski definition) is 2. The molecule has 6 heteroatoms. The van der Waals surface area contributed by atoms with E-state index in [9.17, 15) is 4.79 Å². The van der Waals surface area contributed by atoms with Gasteiger partial charge in [0.25, 0.3) is 5.91 Å². The number of aromatic nitrogens is 1. The summed E-state index contributed by atoms with van der Waals surface area (Å²) in [7, 11) is 1.74. The number of pyridine rings is 1. The first-order chi connectivity index (χ1) is 9.19. The van der Waals surface area contributed by atoms with E-state index in [0.29, 0.717) is 23.1 Å². The van der Waals surface area contributed by atoms with E-state index in [2.05, 4.69) is 20.5 Å². The number of carbonyl (C=O) groups excluding carboxylic acids is 1. The quantitative estimate of drug-likeness (QED) is 0.806. The number of hydrogen-bond acceptors (Lipinski definition) is 4.